The summed E-state index contributed by atoms with van der Waals surface area (Å²) in [6.45, 7) is 1.70. The van der Waals surface area contributed by atoms with Gasteiger partial charge in [-0.1, -0.05) is 13.0 Å². The highest BCUT2D eigenvalue weighted by Crippen LogP contribution is 2.25. The molecule has 1 aromatic carbocycles. The minimum atomic E-state index is -1.01. The molecule has 88 valence electrons. The first-order chi connectivity index (χ1) is 8.01. The first kappa shape index (κ1) is 12.6. The van der Waals surface area contributed by atoms with Crippen LogP contribution < -0.4 is 0 Å². The van der Waals surface area contributed by atoms with Gasteiger partial charge in [-0.2, -0.15) is 5.26 Å². The van der Waals surface area contributed by atoms with Gasteiger partial charge in [-0.05, 0) is 18.1 Å². The average molecular weight is 234 g/mol. The third kappa shape index (κ3) is 2.58. The second kappa shape index (κ2) is 5.07. The van der Waals surface area contributed by atoms with E-state index in [1.54, 1.807) is 13.0 Å². The molecule has 0 aromatic heterocycles. The Hall–Kier alpha value is -2.42. The summed E-state index contributed by atoms with van der Waals surface area (Å²) < 4.78 is 0. The lowest BCUT2D eigenvalue weighted by atomic mass is 9.95. The molecule has 1 rings (SSSR count). The summed E-state index contributed by atoms with van der Waals surface area (Å²) in [6.07, 6.45) is 0.359. The molecule has 6 nitrogen and oxygen atoms in total. The molecule has 0 spiro atoms. The molecule has 0 saturated carbocycles. The van der Waals surface area contributed by atoms with E-state index in [1.165, 1.54) is 18.2 Å². The van der Waals surface area contributed by atoms with Gasteiger partial charge in [0.15, 0.2) is 0 Å². The summed E-state index contributed by atoms with van der Waals surface area (Å²) in [5.74, 6) is -1.76. The van der Waals surface area contributed by atoms with Crippen LogP contribution in [0.1, 0.15) is 30.4 Å². The van der Waals surface area contributed by atoms with Gasteiger partial charge in [-0.25, -0.2) is 0 Å². The van der Waals surface area contributed by atoms with E-state index in [2.05, 4.69) is 0 Å². The van der Waals surface area contributed by atoms with Crippen molar-refractivity contribution in [2.45, 2.75) is 19.3 Å². The second-order valence-corrected chi connectivity index (χ2v) is 3.44. The number of rotatable bonds is 4. The summed E-state index contributed by atoms with van der Waals surface area (Å²) in [7, 11) is 0. The Morgan fingerprint density at radius 1 is 1.65 bits per heavy atom. The average Bonchev–Trinajstić information content (AvgIpc) is 2.28. The van der Waals surface area contributed by atoms with Crippen LogP contribution in [0.2, 0.25) is 0 Å². The van der Waals surface area contributed by atoms with Gasteiger partial charge in [0.05, 0.1) is 10.8 Å². The zero-order chi connectivity index (χ0) is 13.0. The smallest absolute Gasteiger partial charge is 0.310 e. The van der Waals surface area contributed by atoms with Crippen molar-refractivity contribution in [3.63, 3.8) is 0 Å². The summed E-state index contributed by atoms with van der Waals surface area (Å²) >= 11 is 0. The van der Waals surface area contributed by atoms with Gasteiger partial charge in [-0.3, -0.25) is 14.9 Å². The van der Waals surface area contributed by atoms with E-state index >= 15 is 0 Å². The van der Waals surface area contributed by atoms with Crippen LogP contribution >= 0.6 is 0 Å². The zero-order valence-electron chi connectivity index (χ0n) is 9.08. The van der Waals surface area contributed by atoms with Crippen molar-refractivity contribution in [2.75, 3.05) is 0 Å². The minimum Gasteiger partial charge on any atom is -0.481 e. The number of carboxylic acid groups (broad SMARTS) is 1. The monoisotopic (exact) mass is 234 g/mol. The quantitative estimate of drug-likeness (QED) is 0.634. The van der Waals surface area contributed by atoms with Crippen LogP contribution in [-0.4, -0.2) is 16.0 Å². The third-order valence-corrected chi connectivity index (χ3v) is 2.45. The van der Waals surface area contributed by atoms with Gasteiger partial charge in [0.1, 0.15) is 11.6 Å². The van der Waals surface area contributed by atoms with E-state index in [-0.39, 0.29) is 11.3 Å². The normalized spacial score (nSPS) is 11.5. The first-order valence-electron chi connectivity index (χ1n) is 4.92. The Bertz CT molecular complexity index is 505. The lowest BCUT2D eigenvalue weighted by Gasteiger charge is -2.09. The van der Waals surface area contributed by atoms with Gasteiger partial charge < -0.3 is 5.11 Å². The molecule has 1 N–H and O–H groups in total. The van der Waals surface area contributed by atoms with Crippen molar-refractivity contribution in [2.24, 2.45) is 0 Å². The van der Waals surface area contributed by atoms with Gasteiger partial charge >= 0.3 is 5.97 Å². The van der Waals surface area contributed by atoms with E-state index in [0.29, 0.717) is 12.0 Å². The highest BCUT2D eigenvalue weighted by atomic mass is 16.6. The third-order valence-electron chi connectivity index (χ3n) is 2.45. The molecule has 0 bridgehead atoms. The molecule has 0 heterocycles. The predicted molar refractivity (Wildman–Crippen MR) is 58.5 cm³/mol. The molecule has 1 aromatic rings. The van der Waals surface area contributed by atoms with E-state index < -0.39 is 16.8 Å². The standard InChI is InChI=1S/C11H10N2O4/c1-2-9(11(14)15)7-3-4-10(13(16)17)8(5-7)6-12/h3-5,9H,2H2,1H3,(H,14,15). The maximum atomic E-state index is 10.9. The van der Waals surface area contributed by atoms with Crippen LogP contribution in [0.4, 0.5) is 5.69 Å². The summed E-state index contributed by atoms with van der Waals surface area (Å²) in [5.41, 5.74) is -0.0224. The number of hydrogen-bond donors (Lipinski definition) is 1. The Kier molecular flexibility index (Phi) is 3.78. The lowest BCUT2D eigenvalue weighted by Crippen LogP contribution is -2.10. The molecular weight excluding hydrogens is 224 g/mol. The molecule has 0 aliphatic rings. The summed E-state index contributed by atoms with van der Waals surface area (Å²) in [5, 5.41) is 28.3. The molecule has 0 amide bonds. The number of nitrogens with zero attached hydrogens (tertiary/aromatic N) is 2. The maximum absolute atomic E-state index is 10.9. The number of benzene rings is 1. The van der Waals surface area contributed by atoms with Crippen molar-refractivity contribution < 1.29 is 14.8 Å². The van der Waals surface area contributed by atoms with Crippen LogP contribution in [0.15, 0.2) is 18.2 Å². The van der Waals surface area contributed by atoms with Crippen LogP contribution in [0.5, 0.6) is 0 Å². The van der Waals surface area contributed by atoms with Crippen LogP contribution in [0.3, 0.4) is 0 Å². The minimum absolute atomic E-state index is 0.118. The Labute approximate surface area is 97.3 Å². The van der Waals surface area contributed by atoms with Gasteiger partial charge in [0.2, 0.25) is 0 Å². The number of carboxylic acids is 1. The number of nitro benzene ring substituents is 1. The largest absolute Gasteiger partial charge is 0.481 e. The fourth-order valence-electron chi connectivity index (χ4n) is 1.57. The van der Waals surface area contributed by atoms with Gasteiger partial charge in [0.25, 0.3) is 5.69 Å². The molecule has 0 radical (unpaired) electrons. The van der Waals surface area contributed by atoms with Crippen molar-refractivity contribution in [3.05, 3.63) is 39.4 Å². The molecule has 6 heteroatoms. The molecule has 0 aliphatic carbocycles. The molecule has 17 heavy (non-hydrogen) atoms. The predicted octanol–water partition coefficient (Wildman–Crippen LogP) is 2.04. The Morgan fingerprint density at radius 3 is 2.71 bits per heavy atom. The van der Waals surface area contributed by atoms with E-state index in [4.69, 9.17) is 10.4 Å². The van der Waals surface area contributed by atoms with Crippen LogP contribution in [0.25, 0.3) is 0 Å². The number of aliphatic carboxylic acids is 1. The molecule has 0 fully saturated rings. The van der Waals surface area contributed by atoms with Crippen molar-refractivity contribution in [3.8, 4) is 6.07 Å². The van der Waals surface area contributed by atoms with E-state index in [1.807, 2.05) is 0 Å². The molecule has 1 unspecified atom stereocenters. The van der Waals surface area contributed by atoms with Gasteiger partial charge in [0, 0.05) is 6.07 Å². The second-order valence-electron chi connectivity index (χ2n) is 3.44. The SMILES string of the molecule is CCC(C(=O)O)c1ccc([N+](=O)[O-])c(C#N)c1. The van der Waals surface area contributed by atoms with Gasteiger partial charge in [-0.15, -0.1) is 0 Å². The Morgan fingerprint density at radius 2 is 2.29 bits per heavy atom. The molecule has 0 saturated heterocycles. The van der Waals surface area contributed by atoms with E-state index in [0.717, 1.165) is 0 Å². The highest BCUT2D eigenvalue weighted by molar-refractivity contribution is 5.76. The van der Waals surface area contributed by atoms with Crippen molar-refractivity contribution in [1.29, 1.82) is 5.26 Å². The fourth-order valence-corrected chi connectivity index (χ4v) is 1.57. The fraction of sp³-hybridized carbons (Fsp3) is 0.273. The lowest BCUT2D eigenvalue weighted by molar-refractivity contribution is -0.385. The Balaban J connectivity index is 3.27. The maximum Gasteiger partial charge on any atom is 0.310 e. The zero-order valence-corrected chi connectivity index (χ0v) is 9.08. The number of nitriles is 1. The van der Waals surface area contributed by atoms with E-state index in [9.17, 15) is 14.9 Å². The first-order valence-corrected chi connectivity index (χ1v) is 4.92. The number of nitro groups is 1. The van der Waals surface area contributed by atoms with Crippen LogP contribution in [-0.2, 0) is 4.79 Å². The number of hydrogen-bond acceptors (Lipinski definition) is 4. The van der Waals surface area contributed by atoms with Crippen molar-refractivity contribution >= 4 is 11.7 Å². The topological polar surface area (TPSA) is 104 Å². The van der Waals surface area contributed by atoms with Crippen LogP contribution in [0, 0.1) is 21.4 Å². The number of carbonyl (C=O) groups is 1. The van der Waals surface area contributed by atoms with Crippen molar-refractivity contribution in [1.82, 2.24) is 0 Å². The highest BCUT2D eigenvalue weighted by Gasteiger charge is 2.21. The molecule has 1 atom stereocenters. The molecular formula is C11H10N2O4. The summed E-state index contributed by atoms with van der Waals surface area (Å²) in [6, 6.07) is 5.51. The summed E-state index contributed by atoms with van der Waals surface area (Å²) in [4.78, 5) is 20.9. The molecule has 0 aliphatic heterocycles.